The number of nitrogens with two attached hydrogens (primary N) is 2. The van der Waals surface area contributed by atoms with E-state index in [4.69, 9.17) is 11.5 Å². The van der Waals surface area contributed by atoms with Gasteiger partial charge in [-0.3, -0.25) is 9.20 Å². The first-order valence-electron chi connectivity index (χ1n) is 11.9. The van der Waals surface area contributed by atoms with E-state index < -0.39 is 17.4 Å². The van der Waals surface area contributed by atoms with E-state index in [2.05, 4.69) is 21.4 Å². The van der Waals surface area contributed by atoms with Gasteiger partial charge in [0, 0.05) is 11.8 Å². The van der Waals surface area contributed by atoms with Crippen LogP contribution in [0.5, 0.6) is 0 Å². The molecule has 0 saturated heterocycles. The van der Waals surface area contributed by atoms with Gasteiger partial charge in [0.2, 0.25) is 5.95 Å². The van der Waals surface area contributed by atoms with Crippen LogP contribution in [0.25, 0.3) is 27.8 Å². The number of hydrogen-bond donors (Lipinski definition) is 3. The number of hydrogen-bond acceptors (Lipinski definition) is 8. The summed E-state index contributed by atoms with van der Waals surface area (Å²) in [6.07, 6.45) is 1.15. The minimum absolute atomic E-state index is 0.0109. The summed E-state index contributed by atoms with van der Waals surface area (Å²) in [6, 6.07) is 22.2. The van der Waals surface area contributed by atoms with E-state index in [-0.39, 0.29) is 23.1 Å². The molecule has 0 spiro atoms. The average molecular weight is 517 g/mol. The Morgan fingerprint density at radius 2 is 1.62 bits per heavy atom. The highest BCUT2D eigenvalue weighted by Gasteiger charge is 2.26. The van der Waals surface area contributed by atoms with Crippen molar-refractivity contribution < 1.29 is 4.39 Å². The number of nitrogen functional groups attached to an aromatic ring is 2. The fourth-order valence-corrected chi connectivity index (χ4v) is 4.66. The fourth-order valence-electron chi connectivity index (χ4n) is 4.66. The van der Waals surface area contributed by atoms with E-state index in [1.165, 1.54) is 16.5 Å². The molecule has 0 saturated carbocycles. The number of benzene rings is 2. The molecule has 5 rings (SSSR count). The van der Waals surface area contributed by atoms with Crippen molar-refractivity contribution in [3.63, 3.8) is 0 Å². The Bertz CT molecular complexity index is 1870. The predicted molar refractivity (Wildman–Crippen MR) is 147 cm³/mol. The van der Waals surface area contributed by atoms with Crippen molar-refractivity contribution in [3.05, 3.63) is 106 Å². The van der Waals surface area contributed by atoms with Crippen LogP contribution in [-0.4, -0.2) is 14.4 Å². The maximum Gasteiger partial charge on any atom is 0.263 e. The molecule has 3 aromatic heterocycles. The molecule has 3 heterocycles. The number of pyridine rings is 2. The highest BCUT2D eigenvalue weighted by Crippen LogP contribution is 2.39. The van der Waals surface area contributed by atoms with Crippen molar-refractivity contribution in [2.75, 3.05) is 16.8 Å². The van der Waals surface area contributed by atoms with Crippen LogP contribution >= 0.6 is 0 Å². The Hall–Kier alpha value is -5.74. The molecule has 10 heteroatoms. The highest BCUT2D eigenvalue weighted by molar-refractivity contribution is 5.89. The smallest absolute Gasteiger partial charge is 0.263 e. The fraction of sp³-hybridized carbons (Fsp3) is 0.0690. The van der Waals surface area contributed by atoms with Gasteiger partial charge in [0.25, 0.3) is 5.56 Å². The van der Waals surface area contributed by atoms with Crippen LogP contribution in [0.2, 0.25) is 0 Å². The molecule has 1 atom stereocenters. The number of nitrogens with one attached hydrogen (secondary N) is 1. The molecular weight excluding hydrogens is 495 g/mol. The number of aromatic nitrogens is 3. The van der Waals surface area contributed by atoms with Gasteiger partial charge in [0.15, 0.2) is 5.82 Å². The predicted octanol–water partition coefficient (Wildman–Crippen LogP) is 4.64. The number of fused-ring (bicyclic) bond motifs is 1. The van der Waals surface area contributed by atoms with Gasteiger partial charge in [-0.05, 0) is 47.9 Å². The second-order valence-corrected chi connectivity index (χ2v) is 8.80. The molecule has 0 fully saturated rings. The van der Waals surface area contributed by atoms with E-state index in [1.807, 2.05) is 19.1 Å². The second-order valence-electron chi connectivity index (χ2n) is 8.80. The lowest BCUT2D eigenvalue weighted by Crippen LogP contribution is -2.23. The average Bonchev–Trinajstić information content (AvgIpc) is 2.93. The minimum Gasteiger partial charge on any atom is -0.382 e. The van der Waals surface area contributed by atoms with Crippen molar-refractivity contribution in [2.24, 2.45) is 0 Å². The molecule has 2 aromatic carbocycles. The Morgan fingerprint density at radius 1 is 0.923 bits per heavy atom. The van der Waals surface area contributed by atoms with Gasteiger partial charge in [-0.1, -0.05) is 42.5 Å². The van der Waals surface area contributed by atoms with Crippen LogP contribution in [0.3, 0.4) is 0 Å². The summed E-state index contributed by atoms with van der Waals surface area (Å²) < 4.78 is 15.7. The Morgan fingerprint density at radius 3 is 2.28 bits per heavy atom. The lowest BCUT2D eigenvalue weighted by molar-refractivity contribution is 0.618. The first kappa shape index (κ1) is 24.9. The SMILES string of the molecule is C[C@H](Nc1nc(N)nc(N)c1C#N)c1c(-c2ccccc2)c(=O)n2cc(F)ccc2c1-c1ccc(C#N)cc1. The minimum atomic E-state index is -0.630. The maximum atomic E-state index is 14.4. The van der Waals surface area contributed by atoms with Crippen LogP contribution < -0.4 is 22.3 Å². The molecule has 0 aliphatic rings. The zero-order chi connectivity index (χ0) is 27.7. The molecule has 0 aliphatic carbocycles. The normalized spacial score (nSPS) is 11.5. The lowest BCUT2D eigenvalue weighted by Gasteiger charge is -2.25. The van der Waals surface area contributed by atoms with Gasteiger partial charge in [-0.2, -0.15) is 20.5 Å². The van der Waals surface area contributed by atoms with Crippen LogP contribution in [0.1, 0.15) is 29.7 Å². The summed E-state index contributed by atoms with van der Waals surface area (Å²) in [5, 5.41) is 22.2. The van der Waals surface area contributed by atoms with Crippen molar-refractivity contribution in [3.8, 4) is 34.4 Å². The molecule has 0 radical (unpaired) electrons. The van der Waals surface area contributed by atoms with Gasteiger partial charge in [-0.25, -0.2) is 4.39 Å². The molecule has 5 N–H and O–H groups in total. The zero-order valence-corrected chi connectivity index (χ0v) is 20.7. The summed E-state index contributed by atoms with van der Waals surface area (Å²) in [6.45, 7) is 1.81. The molecule has 0 unspecified atom stereocenters. The highest BCUT2D eigenvalue weighted by atomic mass is 19.1. The van der Waals surface area contributed by atoms with E-state index in [1.54, 1.807) is 48.5 Å². The Labute approximate surface area is 222 Å². The van der Waals surface area contributed by atoms with Crippen LogP contribution in [0, 0.1) is 28.5 Å². The molecule has 0 aliphatic heterocycles. The standard InChI is InChI=1S/C29H21FN8O/c1-16(35-27-21(14-32)26(33)36-29(34)37-27)23-24(19-9-7-17(13-31)8-10-19)22-12-11-20(30)15-38(22)28(39)25(23)18-5-3-2-4-6-18/h2-12,15-16H,1H3,(H5,33,34,35,36,37)/t16-/m0/s1. The number of rotatable bonds is 5. The monoisotopic (exact) mass is 516 g/mol. The molecule has 190 valence electrons. The van der Waals surface area contributed by atoms with Gasteiger partial charge < -0.3 is 16.8 Å². The number of halogens is 1. The lowest BCUT2D eigenvalue weighted by atomic mass is 9.88. The van der Waals surface area contributed by atoms with E-state index in [0.29, 0.717) is 38.9 Å². The molecule has 5 aromatic rings. The number of nitrogens with zero attached hydrogens (tertiary/aromatic N) is 5. The first-order chi connectivity index (χ1) is 18.8. The van der Waals surface area contributed by atoms with Crippen molar-refractivity contribution in [1.82, 2.24) is 14.4 Å². The van der Waals surface area contributed by atoms with E-state index in [0.717, 1.165) is 6.20 Å². The summed E-state index contributed by atoms with van der Waals surface area (Å²) in [4.78, 5) is 22.0. The van der Waals surface area contributed by atoms with E-state index in [9.17, 15) is 19.7 Å². The second kappa shape index (κ2) is 9.96. The van der Waals surface area contributed by atoms with Crippen molar-refractivity contribution >= 4 is 23.1 Å². The summed E-state index contributed by atoms with van der Waals surface area (Å²) >= 11 is 0. The molecule has 0 amide bonds. The van der Waals surface area contributed by atoms with Crippen LogP contribution in [0.4, 0.5) is 22.0 Å². The quantitative estimate of drug-likeness (QED) is 0.305. The molecule has 39 heavy (non-hydrogen) atoms. The van der Waals surface area contributed by atoms with Crippen LogP contribution in [-0.2, 0) is 0 Å². The summed E-state index contributed by atoms with van der Waals surface area (Å²) in [5.41, 5.74) is 15.1. The topological polar surface area (TPSA) is 159 Å². The van der Waals surface area contributed by atoms with Gasteiger partial charge in [-0.15, -0.1) is 0 Å². The summed E-state index contributed by atoms with van der Waals surface area (Å²) in [5.74, 6) is -0.659. The summed E-state index contributed by atoms with van der Waals surface area (Å²) in [7, 11) is 0. The third-order valence-corrected chi connectivity index (χ3v) is 6.36. The third-order valence-electron chi connectivity index (χ3n) is 6.36. The Balaban J connectivity index is 1.88. The number of anilines is 3. The van der Waals surface area contributed by atoms with Crippen molar-refractivity contribution in [1.29, 1.82) is 10.5 Å². The number of nitriles is 2. The van der Waals surface area contributed by atoms with E-state index >= 15 is 0 Å². The van der Waals surface area contributed by atoms with Gasteiger partial charge in [0.1, 0.15) is 23.3 Å². The van der Waals surface area contributed by atoms with Gasteiger partial charge in [0.05, 0.1) is 28.8 Å². The Kier molecular flexibility index (Phi) is 6.37. The third kappa shape index (κ3) is 4.47. The maximum absolute atomic E-state index is 14.4. The molecular formula is C29H21FN8O. The molecule has 0 bridgehead atoms. The zero-order valence-electron chi connectivity index (χ0n) is 20.7. The van der Waals surface area contributed by atoms with Gasteiger partial charge >= 0.3 is 0 Å². The largest absolute Gasteiger partial charge is 0.382 e. The van der Waals surface area contributed by atoms with Crippen molar-refractivity contribution in [2.45, 2.75) is 13.0 Å². The first-order valence-corrected chi connectivity index (χ1v) is 11.9. The molecule has 9 nitrogen and oxygen atoms in total. The van der Waals surface area contributed by atoms with Crippen LogP contribution in [0.15, 0.2) is 77.7 Å².